The maximum Gasteiger partial charge on any atom is 0.117 e. The minimum absolute atomic E-state index is 0.0888. The zero-order valence-corrected chi connectivity index (χ0v) is 12.4. The average molecular weight is 271 g/mol. The molecule has 1 aliphatic rings. The van der Waals surface area contributed by atoms with Crippen LogP contribution in [0.4, 0.5) is 0 Å². The first-order chi connectivity index (χ1) is 9.80. The summed E-state index contributed by atoms with van der Waals surface area (Å²) in [7, 11) is 0. The Bertz CT molecular complexity index is 577. The summed E-state index contributed by atoms with van der Waals surface area (Å²) in [4.78, 5) is 4.97. The molecule has 0 aliphatic heterocycles. The topological polar surface area (TPSA) is 43.8 Å². The van der Waals surface area contributed by atoms with E-state index in [9.17, 15) is 0 Å². The first-order valence-corrected chi connectivity index (χ1v) is 7.96. The number of nitrogens with two attached hydrogens (primary N) is 1. The lowest BCUT2D eigenvalue weighted by Crippen LogP contribution is -2.37. The molecule has 1 aliphatic carbocycles. The average Bonchev–Trinajstić information content (AvgIpc) is 2.70. The molecule has 1 aromatic heterocycles. The summed E-state index contributed by atoms with van der Waals surface area (Å²) in [5.41, 5.74) is 8.68. The molecule has 3 heteroatoms. The van der Waals surface area contributed by atoms with Crippen molar-refractivity contribution in [3.8, 4) is 0 Å². The van der Waals surface area contributed by atoms with Crippen LogP contribution in [0.5, 0.6) is 0 Å². The van der Waals surface area contributed by atoms with Gasteiger partial charge in [-0.1, -0.05) is 37.8 Å². The molecule has 0 unspecified atom stereocenters. The number of hydrogen-bond donors (Lipinski definition) is 1. The lowest BCUT2D eigenvalue weighted by atomic mass is 9.79. The molecular weight excluding hydrogens is 246 g/mol. The lowest BCUT2D eigenvalue weighted by Gasteiger charge is -2.31. The molecule has 0 bridgehead atoms. The van der Waals surface area contributed by atoms with Crippen molar-refractivity contribution in [2.75, 3.05) is 6.54 Å². The van der Waals surface area contributed by atoms with Gasteiger partial charge in [-0.3, -0.25) is 0 Å². The van der Waals surface area contributed by atoms with E-state index in [0.717, 1.165) is 18.6 Å². The number of aryl methyl sites for hydroxylation is 1. The SMILES string of the molecule is CCn1c(C2(CN)CCCCCC2)nc2ccccc21. The van der Waals surface area contributed by atoms with Crippen LogP contribution in [0, 0.1) is 0 Å². The zero-order valence-electron chi connectivity index (χ0n) is 12.4. The van der Waals surface area contributed by atoms with Gasteiger partial charge in [0.1, 0.15) is 5.82 Å². The monoisotopic (exact) mass is 271 g/mol. The van der Waals surface area contributed by atoms with Crippen LogP contribution in [-0.4, -0.2) is 16.1 Å². The Balaban J connectivity index is 2.15. The minimum atomic E-state index is 0.0888. The number of rotatable bonds is 3. The van der Waals surface area contributed by atoms with E-state index < -0.39 is 0 Å². The number of fused-ring (bicyclic) bond motifs is 1. The third-order valence-electron chi connectivity index (χ3n) is 4.90. The van der Waals surface area contributed by atoms with Gasteiger partial charge in [0.2, 0.25) is 0 Å². The van der Waals surface area contributed by atoms with E-state index in [2.05, 4.69) is 35.8 Å². The first-order valence-electron chi connectivity index (χ1n) is 7.96. The number of nitrogens with zero attached hydrogens (tertiary/aromatic N) is 2. The van der Waals surface area contributed by atoms with E-state index >= 15 is 0 Å². The number of benzene rings is 1. The van der Waals surface area contributed by atoms with Crippen LogP contribution >= 0.6 is 0 Å². The number of hydrogen-bond acceptors (Lipinski definition) is 2. The van der Waals surface area contributed by atoms with Crippen LogP contribution in [0.2, 0.25) is 0 Å². The number of para-hydroxylation sites is 2. The molecule has 20 heavy (non-hydrogen) atoms. The van der Waals surface area contributed by atoms with Gasteiger partial charge in [-0.15, -0.1) is 0 Å². The maximum absolute atomic E-state index is 6.23. The Hall–Kier alpha value is -1.35. The summed E-state index contributed by atoms with van der Waals surface area (Å²) < 4.78 is 2.38. The third kappa shape index (κ3) is 2.14. The van der Waals surface area contributed by atoms with Crippen molar-refractivity contribution in [1.29, 1.82) is 0 Å². The van der Waals surface area contributed by atoms with Crippen LogP contribution in [0.15, 0.2) is 24.3 Å². The van der Waals surface area contributed by atoms with Crippen molar-refractivity contribution in [2.45, 2.75) is 57.4 Å². The fraction of sp³-hybridized carbons (Fsp3) is 0.588. The van der Waals surface area contributed by atoms with Crippen LogP contribution in [0.3, 0.4) is 0 Å². The quantitative estimate of drug-likeness (QED) is 0.867. The van der Waals surface area contributed by atoms with Crippen LogP contribution in [0.1, 0.15) is 51.3 Å². The molecule has 3 rings (SSSR count). The van der Waals surface area contributed by atoms with E-state index in [1.54, 1.807) is 0 Å². The zero-order chi connectivity index (χ0) is 14.0. The predicted molar refractivity (Wildman–Crippen MR) is 83.8 cm³/mol. The molecule has 0 radical (unpaired) electrons. The van der Waals surface area contributed by atoms with Crippen molar-refractivity contribution in [1.82, 2.24) is 9.55 Å². The Morgan fingerprint density at radius 1 is 1.15 bits per heavy atom. The Kier molecular flexibility index (Phi) is 3.79. The highest BCUT2D eigenvalue weighted by molar-refractivity contribution is 5.76. The molecule has 1 fully saturated rings. The van der Waals surface area contributed by atoms with Crippen LogP contribution < -0.4 is 5.73 Å². The molecule has 0 spiro atoms. The molecule has 0 atom stereocenters. The summed E-state index contributed by atoms with van der Waals surface area (Å²) in [6.07, 6.45) is 7.62. The summed E-state index contributed by atoms with van der Waals surface area (Å²) in [5, 5.41) is 0. The molecule has 1 heterocycles. The largest absolute Gasteiger partial charge is 0.329 e. The van der Waals surface area contributed by atoms with Gasteiger partial charge in [0, 0.05) is 18.5 Å². The first kappa shape index (κ1) is 13.6. The Morgan fingerprint density at radius 2 is 1.85 bits per heavy atom. The Morgan fingerprint density at radius 3 is 2.50 bits per heavy atom. The van der Waals surface area contributed by atoms with Crippen molar-refractivity contribution in [3.63, 3.8) is 0 Å². The summed E-state index contributed by atoms with van der Waals surface area (Å²) >= 11 is 0. The maximum atomic E-state index is 6.23. The molecule has 0 saturated heterocycles. The van der Waals surface area contributed by atoms with E-state index in [4.69, 9.17) is 10.7 Å². The van der Waals surface area contributed by atoms with Gasteiger partial charge in [0.15, 0.2) is 0 Å². The van der Waals surface area contributed by atoms with E-state index in [1.165, 1.54) is 49.9 Å². The van der Waals surface area contributed by atoms with Crippen molar-refractivity contribution < 1.29 is 0 Å². The second-order valence-electron chi connectivity index (χ2n) is 6.07. The molecule has 2 aromatic rings. The molecule has 1 aromatic carbocycles. The predicted octanol–water partition coefficient (Wildman–Crippen LogP) is 3.61. The smallest absolute Gasteiger partial charge is 0.117 e. The molecule has 0 amide bonds. The Labute approximate surface area is 121 Å². The normalized spacial score (nSPS) is 19.1. The third-order valence-corrected chi connectivity index (χ3v) is 4.90. The highest BCUT2D eigenvalue weighted by Gasteiger charge is 2.36. The fourth-order valence-corrected chi connectivity index (χ4v) is 3.72. The van der Waals surface area contributed by atoms with Crippen LogP contribution in [0.25, 0.3) is 11.0 Å². The fourth-order valence-electron chi connectivity index (χ4n) is 3.72. The van der Waals surface area contributed by atoms with Gasteiger partial charge >= 0.3 is 0 Å². The standard InChI is InChI=1S/C17H25N3/c1-2-20-15-10-6-5-9-14(15)19-16(20)17(13-18)11-7-3-4-8-12-17/h5-6,9-10H,2-4,7-8,11-13,18H2,1H3. The van der Waals surface area contributed by atoms with Crippen molar-refractivity contribution in [3.05, 3.63) is 30.1 Å². The lowest BCUT2D eigenvalue weighted by molar-refractivity contribution is 0.347. The van der Waals surface area contributed by atoms with Crippen molar-refractivity contribution >= 4 is 11.0 Å². The van der Waals surface area contributed by atoms with Gasteiger partial charge in [-0.25, -0.2) is 4.98 Å². The second-order valence-corrected chi connectivity index (χ2v) is 6.07. The molecule has 3 nitrogen and oxygen atoms in total. The second kappa shape index (κ2) is 5.57. The summed E-state index contributed by atoms with van der Waals surface area (Å²) in [6, 6.07) is 8.46. The van der Waals surface area contributed by atoms with Gasteiger partial charge in [0.05, 0.1) is 11.0 Å². The van der Waals surface area contributed by atoms with E-state index in [0.29, 0.717) is 0 Å². The summed E-state index contributed by atoms with van der Waals surface area (Å²) in [6.45, 7) is 3.90. The van der Waals surface area contributed by atoms with E-state index in [1.807, 2.05) is 0 Å². The van der Waals surface area contributed by atoms with Gasteiger partial charge in [-0.05, 0) is 31.9 Å². The highest BCUT2D eigenvalue weighted by Crippen LogP contribution is 2.38. The van der Waals surface area contributed by atoms with Gasteiger partial charge < -0.3 is 10.3 Å². The molecule has 1 saturated carbocycles. The highest BCUT2D eigenvalue weighted by atomic mass is 15.1. The van der Waals surface area contributed by atoms with E-state index in [-0.39, 0.29) is 5.41 Å². The minimum Gasteiger partial charge on any atom is -0.329 e. The van der Waals surface area contributed by atoms with Gasteiger partial charge in [-0.2, -0.15) is 0 Å². The molecular formula is C17H25N3. The van der Waals surface area contributed by atoms with Gasteiger partial charge in [0.25, 0.3) is 0 Å². The summed E-state index contributed by atoms with van der Waals surface area (Å²) in [5.74, 6) is 1.23. The van der Waals surface area contributed by atoms with Crippen LogP contribution in [-0.2, 0) is 12.0 Å². The number of aromatic nitrogens is 2. The van der Waals surface area contributed by atoms with Crippen molar-refractivity contribution in [2.24, 2.45) is 5.73 Å². The molecule has 108 valence electrons. The molecule has 2 N–H and O–H groups in total. The number of imidazole rings is 1.